The molecule has 0 aliphatic heterocycles. The van der Waals surface area contributed by atoms with Crippen LogP contribution in [-0.2, 0) is 6.54 Å². The first-order chi connectivity index (χ1) is 12.3. The van der Waals surface area contributed by atoms with Crippen LogP contribution in [0.1, 0.15) is 20.3 Å². The van der Waals surface area contributed by atoms with Crippen LogP contribution >= 0.6 is 0 Å². The van der Waals surface area contributed by atoms with Crippen molar-refractivity contribution in [1.82, 2.24) is 20.4 Å². The highest BCUT2D eigenvalue weighted by Crippen LogP contribution is 2.12. The fourth-order valence-electron chi connectivity index (χ4n) is 2.62. The summed E-state index contributed by atoms with van der Waals surface area (Å²) in [4.78, 5) is 7.05. The van der Waals surface area contributed by atoms with E-state index < -0.39 is 0 Å². The van der Waals surface area contributed by atoms with Gasteiger partial charge >= 0.3 is 0 Å². The van der Waals surface area contributed by atoms with Crippen molar-refractivity contribution in [3.8, 4) is 0 Å². The molecule has 0 aliphatic rings. The van der Waals surface area contributed by atoms with Gasteiger partial charge in [-0.1, -0.05) is 18.2 Å². The number of hydrogen-bond acceptors (Lipinski definition) is 3. The summed E-state index contributed by atoms with van der Waals surface area (Å²) < 4.78 is 1.91. The van der Waals surface area contributed by atoms with Crippen LogP contribution in [0.2, 0.25) is 0 Å². The summed E-state index contributed by atoms with van der Waals surface area (Å²) in [6, 6.07) is 12.5. The molecule has 0 aliphatic carbocycles. The van der Waals surface area contributed by atoms with E-state index in [0.29, 0.717) is 0 Å². The molecule has 6 heteroatoms. The number of anilines is 1. The number of para-hydroxylation sites is 1. The predicted octanol–water partition coefficient (Wildman–Crippen LogP) is 2.35. The van der Waals surface area contributed by atoms with Crippen molar-refractivity contribution in [3.63, 3.8) is 0 Å². The minimum atomic E-state index is 0.804. The second kappa shape index (κ2) is 11.1. The Morgan fingerprint density at radius 2 is 2.00 bits per heavy atom. The van der Waals surface area contributed by atoms with Crippen LogP contribution in [0.5, 0.6) is 0 Å². The van der Waals surface area contributed by atoms with Crippen molar-refractivity contribution >= 4 is 11.6 Å². The van der Waals surface area contributed by atoms with Gasteiger partial charge in [-0.25, -0.2) is 0 Å². The molecule has 2 rings (SSSR count). The molecule has 136 valence electrons. The Morgan fingerprint density at radius 3 is 2.68 bits per heavy atom. The molecule has 0 atom stereocenters. The maximum absolute atomic E-state index is 4.67. The molecule has 1 heterocycles. The molecule has 0 saturated heterocycles. The zero-order valence-electron chi connectivity index (χ0n) is 15.4. The smallest absolute Gasteiger partial charge is 0.191 e. The highest BCUT2D eigenvalue weighted by atomic mass is 15.3. The molecule has 0 bridgehead atoms. The van der Waals surface area contributed by atoms with Gasteiger partial charge < -0.3 is 15.5 Å². The minimum Gasteiger partial charge on any atom is -0.372 e. The third-order valence-electron chi connectivity index (χ3n) is 3.90. The normalized spacial score (nSPS) is 11.4. The molecule has 0 radical (unpaired) electrons. The Hall–Kier alpha value is -2.50. The molecule has 0 saturated carbocycles. The highest BCUT2D eigenvalue weighted by molar-refractivity contribution is 5.79. The lowest BCUT2D eigenvalue weighted by molar-refractivity contribution is 0.597. The van der Waals surface area contributed by atoms with E-state index in [9.17, 15) is 0 Å². The second-order valence-electron chi connectivity index (χ2n) is 5.73. The average Bonchev–Trinajstić information content (AvgIpc) is 3.16. The van der Waals surface area contributed by atoms with Crippen molar-refractivity contribution in [1.29, 1.82) is 0 Å². The summed E-state index contributed by atoms with van der Waals surface area (Å²) in [6.07, 6.45) is 4.79. The molecule has 2 N–H and O–H groups in total. The van der Waals surface area contributed by atoms with E-state index in [1.54, 1.807) is 6.20 Å². The Bertz CT molecular complexity index is 594. The number of aromatic nitrogens is 2. The lowest BCUT2D eigenvalue weighted by Gasteiger charge is -2.22. The zero-order valence-corrected chi connectivity index (χ0v) is 15.4. The van der Waals surface area contributed by atoms with Gasteiger partial charge in [0.25, 0.3) is 0 Å². The van der Waals surface area contributed by atoms with Gasteiger partial charge in [-0.15, -0.1) is 0 Å². The molecule has 25 heavy (non-hydrogen) atoms. The van der Waals surface area contributed by atoms with Crippen LogP contribution < -0.4 is 15.5 Å². The molecule has 1 aromatic carbocycles. The number of hydrogen-bond donors (Lipinski definition) is 2. The number of guanidine groups is 1. The van der Waals surface area contributed by atoms with E-state index in [4.69, 9.17) is 0 Å². The van der Waals surface area contributed by atoms with Crippen LogP contribution in [0, 0.1) is 0 Å². The standard InChI is InChI=1S/C19H30N6/c1-3-20-19(22-14-17-25-16-9-13-23-25)21-12-8-15-24(4-2)18-10-6-5-7-11-18/h5-7,9-11,13,16H,3-4,8,12,14-15,17H2,1-2H3,(H2,20,21,22). The van der Waals surface area contributed by atoms with Crippen molar-refractivity contribution in [2.75, 3.05) is 37.6 Å². The van der Waals surface area contributed by atoms with Gasteiger partial charge in [0, 0.05) is 50.8 Å². The van der Waals surface area contributed by atoms with Crippen molar-refractivity contribution in [3.05, 3.63) is 48.8 Å². The summed E-state index contributed by atoms with van der Waals surface area (Å²) in [6.45, 7) is 9.59. The van der Waals surface area contributed by atoms with Crippen LogP contribution in [0.25, 0.3) is 0 Å². The van der Waals surface area contributed by atoms with Crippen molar-refractivity contribution in [2.45, 2.75) is 26.8 Å². The third-order valence-corrected chi connectivity index (χ3v) is 3.90. The largest absolute Gasteiger partial charge is 0.372 e. The quantitative estimate of drug-likeness (QED) is 0.395. The summed E-state index contributed by atoms with van der Waals surface area (Å²) in [7, 11) is 0. The zero-order chi connectivity index (χ0) is 17.7. The van der Waals surface area contributed by atoms with E-state index in [2.05, 4.69) is 69.8 Å². The van der Waals surface area contributed by atoms with Crippen molar-refractivity contribution < 1.29 is 0 Å². The molecule has 2 aromatic rings. The van der Waals surface area contributed by atoms with Crippen molar-refractivity contribution in [2.24, 2.45) is 4.99 Å². The molecule has 0 spiro atoms. The minimum absolute atomic E-state index is 0.804. The SMILES string of the molecule is CCNC(=NCCCN(CC)c1ccccc1)NCCn1cccn1. The van der Waals surface area contributed by atoms with E-state index >= 15 is 0 Å². The highest BCUT2D eigenvalue weighted by Gasteiger charge is 2.03. The monoisotopic (exact) mass is 342 g/mol. The average molecular weight is 342 g/mol. The fraction of sp³-hybridized carbons (Fsp3) is 0.474. The number of benzene rings is 1. The van der Waals surface area contributed by atoms with Gasteiger partial charge in [0.2, 0.25) is 0 Å². The van der Waals surface area contributed by atoms with Gasteiger partial charge in [0.1, 0.15) is 0 Å². The Morgan fingerprint density at radius 1 is 1.16 bits per heavy atom. The lowest BCUT2D eigenvalue weighted by atomic mass is 10.2. The number of rotatable bonds is 10. The van der Waals surface area contributed by atoms with E-state index in [1.807, 2.05) is 16.9 Å². The summed E-state index contributed by atoms with van der Waals surface area (Å²) in [5.74, 6) is 0.873. The molecule has 0 unspecified atom stereocenters. The second-order valence-corrected chi connectivity index (χ2v) is 5.73. The lowest BCUT2D eigenvalue weighted by Crippen LogP contribution is -2.39. The summed E-state index contributed by atoms with van der Waals surface area (Å²) >= 11 is 0. The Kier molecular flexibility index (Phi) is 8.38. The molecule has 6 nitrogen and oxygen atoms in total. The maximum Gasteiger partial charge on any atom is 0.191 e. The van der Waals surface area contributed by atoms with E-state index in [1.165, 1.54) is 5.69 Å². The number of aliphatic imine (C=N–C) groups is 1. The van der Waals surface area contributed by atoms with Crippen LogP contribution in [0.3, 0.4) is 0 Å². The van der Waals surface area contributed by atoms with Crippen LogP contribution in [0.15, 0.2) is 53.8 Å². The van der Waals surface area contributed by atoms with Crippen LogP contribution in [0.4, 0.5) is 5.69 Å². The number of nitrogens with zero attached hydrogens (tertiary/aromatic N) is 4. The van der Waals surface area contributed by atoms with Crippen LogP contribution in [-0.4, -0.2) is 48.5 Å². The fourth-order valence-corrected chi connectivity index (χ4v) is 2.62. The molecular weight excluding hydrogens is 312 g/mol. The summed E-state index contributed by atoms with van der Waals surface area (Å²) in [5.41, 5.74) is 1.28. The first kappa shape index (κ1) is 18.8. The summed E-state index contributed by atoms with van der Waals surface area (Å²) in [5, 5.41) is 10.9. The first-order valence-corrected chi connectivity index (χ1v) is 9.13. The molecule has 0 fully saturated rings. The topological polar surface area (TPSA) is 57.5 Å². The predicted molar refractivity (Wildman–Crippen MR) is 105 cm³/mol. The first-order valence-electron chi connectivity index (χ1n) is 9.13. The Labute approximate surface area is 151 Å². The Balaban J connectivity index is 1.74. The van der Waals surface area contributed by atoms with Gasteiger partial charge in [-0.05, 0) is 38.5 Å². The molecule has 1 aromatic heterocycles. The third kappa shape index (κ3) is 6.87. The number of nitrogens with one attached hydrogen (secondary N) is 2. The molecule has 0 amide bonds. The van der Waals surface area contributed by atoms with E-state index in [0.717, 1.165) is 51.6 Å². The van der Waals surface area contributed by atoms with Gasteiger partial charge in [-0.2, -0.15) is 5.10 Å². The van der Waals surface area contributed by atoms with E-state index in [-0.39, 0.29) is 0 Å². The maximum atomic E-state index is 4.67. The van der Waals surface area contributed by atoms with Gasteiger partial charge in [0.15, 0.2) is 5.96 Å². The van der Waals surface area contributed by atoms with Gasteiger partial charge in [0.05, 0.1) is 6.54 Å². The molecular formula is C19H30N6. The van der Waals surface area contributed by atoms with Gasteiger partial charge in [-0.3, -0.25) is 9.67 Å².